The van der Waals surface area contributed by atoms with E-state index in [9.17, 15) is 8.78 Å². The number of imidazole rings is 1. The van der Waals surface area contributed by atoms with Crippen molar-refractivity contribution in [1.29, 1.82) is 0 Å². The Balaban J connectivity index is 0.000000364. The number of fused-ring (bicyclic) bond motifs is 1. The SMILES string of the molecule is C1CCOC1.CC(C)Nc1ncc2[nH]c(Nc3ccc(F)cc3F)nc2n1. The number of hydrogen-bond donors (Lipinski definition) is 3. The van der Waals surface area contributed by atoms with Gasteiger partial charge in [-0.05, 0) is 38.8 Å². The van der Waals surface area contributed by atoms with Gasteiger partial charge in [0.25, 0.3) is 0 Å². The smallest absolute Gasteiger partial charge is 0.225 e. The van der Waals surface area contributed by atoms with E-state index in [1.807, 2.05) is 13.8 Å². The van der Waals surface area contributed by atoms with Gasteiger partial charge in [0.05, 0.1) is 11.9 Å². The van der Waals surface area contributed by atoms with E-state index in [0.717, 1.165) is 19.3 Å². The van der Waals surface area contributed by atoms with Gasteiger partial charge in [-0.15, -0.1) is 0 Å². The van der Waals surface area contributed by atoms with E-state index in [-0.39, 0.29) is 11.7 Å². The molecule has 0 aliphatic carbocycles. The average molecular weight is 376 g/mol. The molecule has 7 nitrogen and oxygen atoms in total. The summed E-state index contributed by atoms with van der Waals surface area (Å²) in [5, 5.41) is 5.83. The maximum absolute atomic E-state index is 13.6. The Morgan fingerprint density at radius 3 is 2.56 bits per heavy atom. The van der Waals surface area contributed by atoms with Crippen LogP contribution in [0.5, 0.6) is 0 Å². The summed E-state index contributed by atoms with van der Waals surface area (Å²) >= 11 is 0. The molecule has 0 radical (unpaired) electrons. The molecule has 1 aliphatic heterocycles. The molecule has 0 bridgehead atoms. The van der Waals surface area contributed by atoms with Crippen molar-refractivity contribution in [3.05, 3.63) is 36.0 Å². The van der Waals surface area contributed by atoms with Crippen molar-refractivity contribution < 1.29 is 13.5 Å². The minimum absolute atomic E-state index is 0.119. The average Bonchev–Trinajstić information content (AvgIpc) is 3.29. The van der Waals surface area contributed by atoms with Gasteiger partial charge in [0.15, 0.2) is 5.65 Å². The van der Waals surface area contributed by atoms with Crippen LogP contribution in [0.2, 0.25) is 0 Å². The Morgan fingerprint density at radius 1 is 1.15 bits per heavy atom. The van der Waals surface area contributed by atoms with Crippen LogP contribution in [0.4, 0.5) is 26.4 Å². The van der Waals surface area contributed by atoms with E-state index in [1.165, 1.54) is 25.0 Å². The van der Waals surface area contributed by atoms with E-state index >= 15 is 0 Å². The zero-order valence-electron chi connectivity index (χ0n) is 15.2. The minimum Gasteiger partial charge on any atom is -0.381 e. The topological polar surface area (TPSA) is 87.8 Å². The largest absolute Gasteiger partial charge is 0.381 e. The zero-order chi connectivity index (χ0) is 19.2. The number of aromatic nitrogens is 4. The lowest BCUT2D eigenvalue weighted by Crippen LogP contribution is -2.12. The molecular weight excluding hydrogens is 354 g/mol. The number of aromatic amines is 1. The summed E-state index contributed by atoms with van der Waals surface area (Å²) in [7, 11) is 0. The quantitative estimate of drug-likeness (QED) is 0.638. The first-order valence-electron chi connectivity index (χ1n) is 8.80. The maximum Gasteiger partial charge on any atom is 0.225 e. The van der Waals surface area contributed by atoms with E-state index in [1.54, 1.807) is 6.20 Å². The number of benzene rings is 1. The maximum atomic E-state index is 13.6. The highest BCUT2D eigenvalue weighted by Gasteiger charge is 2.09. The van der Waals surface area contributed by atoms with Gasteiger partial charge in [0.2, 0.25) is 11.9 Å². The molecule has 1 aliphatic rings. The molecule has 0 amide bonds. The van der Waals surface area contributed by atoms with Crippen LogP contribution in [0.15, 0.2) is 24.4 Å². The van der Waals surface area contributed by atoms with Gasteiger partial charge in [-0.25, -0.2) is 13.8 Å². The van der Waals surface area contributed by atoms with Gasteiger partial charge in [0.1, 0.15) is 17.2 Å². The van der Waals surface area contributed by atoms with Crippen molar-refractivity contribution >= 4 is 28.7 Å². The number of nitrogens with one attached hydrogen (secondary N) is 3. The van der Waals surface area contributed by atoms with Crippen LogP contribution in [0, 0.1) is 11.6 Å². The Bertz CT molecular complexity index is 887. The summed E-state index contributed by atoms with van der Waals surface area (Å²) in [5.74, 6) is -0.568. The van der Waals surface area contributed by atoms with E-state index < -0.39 is 11.6 Å². The Kier molecular flexibility index (Phi) is 6.12. The van der Waals surface area contributed by atoms with Crippen molar-refractivity contribution in [2.24, 2.45) is 0 Å². The number of anilines is 3. The predicted molar refractivity (Wildman–Crippen MR) is 100 cm³/mol. The fraction of sp³-hybridized carbons (Fsp3) is 0.389. The summed E-state index contributed by atoms with van der Waals surface area (Å²) in [6, 6.07) is 3.46. The second-order valence-corrected chi connectivity index (χ2v) is 6.38. The third kappa shape index (κ3) is 5.33. The summed E-state index contributed by atoms with van der Waals surface area (Å²) in [4.78, 5) is 15.6. The summed E-state index contributed by atoms with van der Waals surface area (Å²) < 4.78 is 31.4. The molecule has 9 heteroatoms. The van der Waals surface area contributed by atoms with Crippen LogP contribution in [0.1, 0.15) is 26.7 Å². The number of halogens is 2. The molecule has 2 aromatic heterocycles. The number of rotatable bonds is 4. The molecule has 0 atom stereocenters. The van der Waals surface area contributed by atoms with Gasteiger partial charge in [-0.3, -0.25) is 0 Å². The number of nitrogens with zero attached hydrogens (tertiary/aromatic N) is 3. The van der Waals surface area contributed by atoms with Crippen LogP contribution < -0.4 is 10.6 Å². The monoisotopic (exact) mass is 376 g/mol. The first kappa shape index (κ1) is 19.0. The number of ether oxygens (including phenoxy) is 1. The van der Waals surface area contributed by atoms with Crippen molar-refractivity contribution in [2.45, 2.75) is 32.7 Å². The lowest BCUT2D eigenvalue weighted by Gasteiger charge is -2.06. The molecule has 0 saturated carbocycles. The van der Waals surface area contributed by atoms with Crippen LogP contribution in [-0.2, 0) is 4.74 Å². The molecular formula is C18H22F2N6O. The van der Waals surface area contributed by atoms with Gasteiger partial charge in [-0.2, -0.15) is 9.97 Å². The lowest BCUT2D eigenvalue weighted by molar-refractivity contribution is 0.198. The Morgan fingerprint density at radius 2 is 1.93 bits per heavy atom. The predicted octanol–water partition coefficient (Wildman–Crippen LogP) is 3.99. The van der Waals surface area contributed by atoms with E-state index in [2.05, 4.69) is 30.6 Å². The molecule has 1 aromatic carbocycles. The van der Waals surface area contributed by atoms with Crippen LogP contribution >= 0.6 is 0 Å². The van der Waals surface area contributed by atoms with Crippen molar-refractivity contribution in [2.75, 3.05) is 23.8 Å². The van der Waals surface area contributed by atoms with Gasteiger partial charge in [-0.1, -0.05) is 0 Å². The lowest BCUT2D eigenvalue weighted by atomic mass is 10.3. The molecule has 4 rings (SSSR count). The van der Waals surface area contributed by atoms with Crippen LogP contribution in [0.3, 0.4) is 0 Å². The third-order valence-electron chi connectivity index (χ3n) is 3.67. The molecule has 1 fully saturated rings. The van der Waals surface area contributed by atoms with Crippen molar-refractivity contribution in [1.82, 2.24) is 19.9 Å². The first-order chi connectivity index (χ1) is 13.0. The summed E-state index contributed by atoms with van der Waals surface area (Å²) in [6.45, 7) is 5.95. The fourth-order valence-corrected chi connectivity index (χ4v) is 2.42. The van der Waals surface area contributed by atoms with Gasteiger partial charge < -0.3 is 20.4 Å². The summed E-state index contributed by atoms with van der Waals surface area (Å²) in [6.07, 6.45) is 4.15. The highest BCUT2D eigenvalue weighted by atomic mass is 19.1. The van der Waals surface area contributed by atoms with E-state index in [4.69, 9.17) is 4.74 Å². The highest BCUT2D eigenvalue weighted by molar-refractivity contribution is 5.74. The van der Waals surface area contributed by atoms with E-state index in [0.29, 0.717) is 23.1 Å². The zero-order valence-corrected chi connectivity index (χ0v) is 15.2. The fourth-order valence-electron chi connectivity index (χ4n) is 2.42. The number of hydrogen-bond acceptors (Lipinski definition) is 6. The molecule has 3 aromatic rings. The molecule has 27 heavy (non-hydrogen) atoms. The van der Waals surface area contributed by atoms with Crippen LogP contribution in [-0.4, -0.2) is 39.2 Å². The number of H-pyrrole nitrogens is 1. The minimum atomic E-state index is -0.700. The van der Waals surface area contributed by atoms with Crippen molar-refractivity contribution in [3.63, 3.8) is 0 Å². The Hall–Kier alpha value is -2.81. The second-order valence-electron chi connectivity index (χ2n) is 6.38. The molecule has 3 heterocycles. The van der Waals surface area contributed by atoms with Crippen molar-refractivity contribution in [3.8, 4) is 0 Å². The normalized spacial score (nSPS) is 13.5. The molecule has 0 unspecified atom stereocenters. The molecule has 144 valence electrons. The van der Waals surface area contributed by atoms with Crippen LogP contribution in [0.25, 0.3) is 11.2 Å². The van der Waals surface area contributed by atoms with Gasteiger partial charge in [0, 0.05) is 25.3 Å². The first-order valence-corrected chi connectivity index (χ1v) is 8.80. The summed E-state index contributed by atoms with van der Waals surface area (Å²) in [5.41, 5.74) is 1.18. The van der Waals surface area contributed by atoms with Gasteiger partial charge >= 0.3 is 0 Å². The molecule has 0 spiro atoms. The Labute approximate surface area is 155 Å². The third-order valence-corrected chi connectivity index (χ3v) is 3.67. The molecule has 1 saturated heterocycles. The second kappa shape index (κ2) is 8.72. The molecule has 3 N–H and O–H groups in total. The standard InChI is InChI=1S/C14H14F2N6.C4H8O/c1-7(2)18-13-17-6-11-12(21-13)22-14(20-11)19-10-4-3-8(15)5-9(10)16;1-2-4-5-3-1/h3-7H,1-2H3,(H3,17,18,19,20,21,22);1-4H2. The highest BCUT2D eigenvalue weighted by Crippen LogP contribution is 2.21.